The summed E-state index contributed by atoms with van der Waals surface area (Å²) < 4.78 is 23.7. The highest BCUT2D eigenvalue weighted by molar-refractivity contribution is 5.66. The molecule has 0 saturated heterocycles. The molecule has 2 rings (SSSR count). The van der Waals surface area contributed by atoms with Crippen LogP contribution in [0, 0.1) is 5.82 Å². The maximum absolute atomic E-state index is 12.9. The first-order valence-electron chi connectivity index (χ1n) is 4.88. The van der Waals surface area contributed by atoms with E-state index in [9.17, 15) is 9.18 Å². The van der Waals surface area contributed by atoms with Crippen LogP contribution in [-0.2, 0) is 4.79 Å². The Balaban J connectivity index is 2.11. The molecule has 0 fully saturated rings. The maximum Gasteiger partial charge on any atom is 0.303 e. The number of fused-ring (bicyclic) bond motifs is 1. The number of carbonyl (C=O) groups is 1. The van der Waals surface area contributed by atoms with Gasteiger partial charge in [0.25, 0.3) is 0 Å². The normalized spacial score (nSPS) is 22.1. The van der Waals surface area contributed by atoms with Gasteiger partial charge < -0.3 is 14.6 Å². The lowest BCUT2D eigenvalue weighted by molar-refractivity contribution is -0.140. The first-order chi connectivity index (χ1) is 7.48. The molecule has 16 heavy (non-hydrogen) atoms. The zero-order valence-corrected chi connectivity index (χ0v) is 8.70. The van der Waals surface area contributed by atoms with Gasteiger partial charge in [-0.05, 0) is 12.1 Å². The standard InChI is InChI=1S/C11H11FO4/c1-11(5-4-10(13)14)15-8-3-2-7(12)6-9(8)16-11/h2-3,6H,4-5H2,1H3,(H,13,14). The van der Waals surface area contributed by atoms with Gasteiger partial charge in [0, 0.05) is 19.4 Å². The summed E-state index contributed by atoms with van der Waals surface area (Å²) >= 11 is 0. The number of hydrogen-bond donors (Lipinski definition) is 1. The number of halogens is 1. The van der Waals surface area contributed by atoms with E-state index in [4.69, 9.17) is 14.6 Å². The van der Waals surface area contributed by atoms with Crippen LogP contribution in [0.1, 0.15) is 19.8 Å². The minimum Gasteiger partial charge on any atom is -0.481 e. The van der Waals surface area contributed by atoms with Crippen LogP contribution in [0.2, 0.25) is 0 Å². The molecule has 0 bridgehead atoms. The summed E-state index contributed by atoms with van der Waals surface area (Å²) in [5.74, 6) is -1.60. The van der Waals surface area contributed by atoms with Gasteiger partial charge in [-0.3, -0.25) is 4.79 Å². The molecule has 4 nitrogen and oxygen atoms in total. The largest absolute Gasteiger partial charge is 0.481 e. The summed E-state index contributed by atoms with van der Waals surface area (Å²) in [5.41, 5.74) is 0. The molecule has 0 radical (unpaired) electrons. The molecular weight excluding hydrogens is 215 g/mol. The molecule has 0 aliphatic carbocycles. The first kappa shape index (κ1) is 10.7. The third-order valence-corrected chi connectivity index (χ3v) is 2.35. The molecule has 0 spiro atoms. The smallest absolute Gasteiger partial charge is 0.303 e. The van der Waals surface area contributed by atoms with Crippen LogP contribution in [0.3, 0.4) is 0 Å². The summed E-state index contributed by atoms with van der Waals surface area (Å²) in [6.45, 7) is 1.63. The predicted molar refractivity (Wildman–Crippen MR) is 52.9 cm³/mol. The number of hydrogen-bond acceptors (Lipinski definition) is 3. The molecule has 1 unspecified atom stereocenters. The van der Waals surface area contributed by atoms with Gasteiger partial charge in [-0.25, -0.2) is 4.39 Å². The molecule has 1 atom stereocenters. The first-order valence-corrected chi connectivity index (χ1v) is 4.88. The van der Waals surface area contributed by atoms with Crippen LogP contribution < -0.4 is 9.47 Å². The number of benzene rings is 1. The molecule has 1 aromatic carbocycles. The van der Waals surface area contributed by atoms with Crippen molar-refractivity contribution in [1.82, 2.24) is 0 Å². The number of carboxylic acids is 1. The van der Waals surface area contributed by atoms with Gasteiger partial charge in [0.05, 0.1) is 6.42 Å². The molecule has 1 aliphatic rings. The van der Waals surface area contributed by atoms with E-state index in [1.54, 1.807) is 6.92 Å². The average Bonchev–Trinajstić information content (AvgIpc) is 2.51. The fourth-order valence-electron chi connectivity index (χ4n) is 1.57. The van der Waals surface area contributed by atoms with E-state index < -0.39 is 17.6 Å². The van der Waals surface area contributed by atoms with Crippen molar-refractivity contribution in [2.24, 2.45) is 0 Å². The van der Waals surface area contributed by atoms with E-state index in [-0.39, 0.29) is 12.8 Å². The van der Waals surface area contributed by atoms with Crippen LogP contribution >= 0.6 is 0 Å². The van der Waals surface area contributed by atoms with Crippen LogP contribution in [0.25, 0.3) is 0 Å². The van der Waals surface area contributed by atoms with Crippen LogP contribution in [0.5, 0.6) is 11.5 Å². The molecule has 0 saturated carbocycles. The van der Waals surface area contributed by atoms with Crippen LogP contribution in [0.15, 0.2) is 18.2 Å². The minimum atomic E-state index is -1.02. The number of aliphatic carboxylic acids is 1. The Kier molecular flexibility index (Phi) is 2.46. The zero-order valence-electron chi connectivity index (χ0n) is 8.70. The lowest BCUT2D eigenvalue weighted by Crippen LogP contribution is -2.35. The van der Waals surface area contributed by atoms with Gasteiger partial charge in [-0.15, -0.1) is 0 Å². The van der Waals surface area contributed by atoms with Crippen LogP contribution in [-0.4, -0.2) is 16.9 Å². The van der Waals surface area contributed by atoms with Gasteiger partial charge in [-0.2, -0.15) is 0 Å². The summed E-state index contributed by atoms with van der Waals surface area (Å²) in [5, 5.41) is 8.58. The molecule has 0 amide bonds. The highest BCUT2D eigenvalue weighted by atomic mass is 19.1. The lowest BCUT2D eigenvalue weighted by atomic mass is 10.2. The van der Waals surface area contributed by atoms with Crippen molar-refractivity contribution in [2.45, 2.75) is 25.6 Å². The number of carboxylic acid groups (broad SMARTS) is 1. The maximum atomic E-state index is 12.9. The molecule has 1 aromatic rings. The van der Waals surface area contributed by atoms with Gasteiger partial charge in [0.15, 0.2) is 11.5 Å². The molecule has 86 valence electrons. The molecule has 1 heterocycles. The molecule has 5 heteroatoms. The monoisotopic (exact) mass is 226 g/mol. The quantitative estimate of drug-likeness (QED) is 0.858. The van der Waals surface area contributed by atoms with E-state index in [1.165, 1.54) is 18.2 Å². The molecule has 1 N–H and O–H groups in total. The Labute approximate surface area is 91.6 Å². The third kappa shape index (κ3) is 2.08. The van der Waals surface area contributed by atoms with E-state index in [0.29, 0.717) is 11.5 Å². The molecule has 1 aliphatic heterocycles. The van der Waals surface area contributed by atoms with E-state index in [2.05, 4.69) is 0 Å². The highest BCUT2D eigenvalue weighted by Gasteiger charge is 2.37. The Morgan fingerprint density at radius 2 is 2.12 bits per heavy atom. The second-order valence-electron chi connectivity index (χ2n) is 3.82. The zero-order chi connectivity index (χ0) is 11.8. The Morgan fingerprint density at radius 1 is 1.44 bits per heavy atom. The summed E-state index contributed by atoms with van der Waals surface area (Å²) in [6.07, 6.45) is 0.144. The third-order valence-electron chi connectivity index (χ3n) is 2.35. The average molecular weight is 226 g/mol. The fourth-order valence-corrected chi connectivity index (χ4v) is 1.57. The Hall–Kier alpha value is -1.78. The van der Waals surface area contributed by atoms with Gasteiger partial charge in [0.2, 0.25) is 5.79 Å². The van der Waals surface area contributed by atoms with E-state index in [1.807, 2.05) is 0 Å². The second-order valence-corrected chi connectivity index (χ2v) is 3.82. The highest BCUT2D eigenvalue weighted by Crippen LogP contribution is 2.41. The van der Waals surface area contributed by atoms with E-state index in [0.717, 1.165) is 0 Å². The van der Waals surface area contributed by atoms with Gasteiger partial charge in [0.1, 0.15) is 5.82 Å². The van der Waals surface area contributed by atoms with Crippen molar-refractivity contribution in [3.8, 4) is 11.5 Å². The minimum absolute atomic E-state index is 0.0625. The Bertz CT molecular complexity index is 432. The SMILES string of the molecule is CC1(CCC(=O)O)Oc2ccc(F)cc2O1. The van der Waals surface area contributed by atoms with Crippen molar-refractivity contribution in [3.05, 3.63) is 24.0 Å². The number of rotatable bonds is 3. The van der Waals surface area contributed by atoms with Gasteiger partial charge >= 0.3 is 5.97 Å². The van der Waals surface area contributed by atoms with Crippen molar-refractivity contribution in [1.29, 1.82) is 0 Å². The van der Waals surface area contributed by atoms with Crippen molar-refractivity contribution < 1.29 is 23.8 Å². The van der Waals surface area contributed by atoms with Crippen molar-refractivity contribution >= 4 is 5.97 Å². The van der Waals surface area contributed by atoms with Crippen molar-refractivity contribution in [2.75, 3.05) is 0 Å². The molecular formula is C11H11FO4. The fraction of sp³-hybridized carbons (Fsp3) is 0.364. The lowest BCUT2D eigenvalue weighted by Gasteiger charge is -2.21. The predicted octanol–water partition coefficient (Wildman–Crippen LogP) is 2.18. The number of ether oxygens (including phenoxy) is 2. The molecule has 0 aromatic heterocycles. The van der Waals surface area contributed by atoms with Crippen molar-refractivity contribution in [3.63, 3.8) is 0 Å². The second kappa shape index (κ2) is 3.66. The Morgan fingerprint density at radius 3 is 2.81 bits per heavy atom. The van der Waals surface area contributed by atoms with Crippen LogP contribution in [0.4, 0.5) is 4.39 Å². The van der Waals surface area contributed by atoms with E-state index >= 15 is 0 Å². The topological polar surface area (TPSA) is 55.8 Å². The summed E-state index contributed by atoms with van der Waals surface area (Å²) in [7, 11) is 0. The summed E-state index contributed by atoms with van der Waals surface area (Å²) in [4.78, 5) is 10.5. The summed E-state index contributed by atoms with van der Waals surface area (Å²) in [6, 6.07) is 3.96. The van der Waals surface area contributed by atoms with Gasteiger partial charge in [-0.1, -0.05) is 0 Å².